The van der Waals surface area contributed by atoms with Gasteiger partial charge < -0.3 is 44.2 Å². The number of rotatable bonds is 21. The second kappa shape index (κ2) is 23.4. The number of hydrogen-bond donors (Lipinski definition) is 3. The first-order valence-corrected chi connectivity index (χ1v) is 22.3. The number of benzene rings is 5. The lowest BCUT2D eigenvalue weighted by atomic mass is 9.92. The predicted octanol–water partition coefficient (Wildman–Crippen LogP) is 5.59. The first-order valence-electron chi connectivity index (χ1n) is 22.3. The Morgan fingerprint density at radius 2 is 0.909 bits per heavy atom. The van der Waals surface area contributed by atoms with Crippen LogP contribution >= 0.6 is 0 Å². The Morgan fingerprint density at radius 1 is 0.515 bits per heavy atom. The molecule has 66 heavy (non-hydrogen) atoms. The van der Waals surface area contributed by atoms with Gasteiger partial charge in [0.25, 0.3) is 5.56 Å². The van der Waals surface area contributed by atoms with Crippen LogP contribution in [0.1, 0.15) is 40.5 Å². The van der Waals surface area contributed by atoms with Crippen molar-refractivity contribution in [1.82, 2.24) is 14.9 Å². The number of nitrogens with one attached hydrogen (secondary N) is 2. The zero-order chi connectivity index (χ0) is 45.5. The average Bonchev–Trinajstić information content (AvgIpc) is 3.70. The molecule has 2 aliphatic heterocycles. The standard InChI is InChI=1S/C52H56N4O10/c53-29-42-47(61-32-37-18-8-2-9-19-37)49(63-34-39-22-12-4-13-23-39)46(60-31-36-16-6-1-7-17-36)41(65-42)28-45(58)54-30-43-48(62-33-38-20-10-3-11-21-38)50(64-35-40-24-14-5-15-25-40)51(66-43)56-27-26-44(57)55-52(56)59/h1-27,41-43,46-51H,28-35,53H2,(H,54,58)(H,55,57,59)/t41-,42-,43-,46+,47-,48-,49-,50-,51-/m1/s1. The Kier molecular flexibility index (Phi) is 16.5. The number of aromatic nitrogens is 2. The van der Waals surface area contributed by atoms with Gasteiger partial charge in [-0.3, -0.25) is 19.1 Å². The van der Waals surface area contributed by atoms with Crippen LogP contribution in [0, 0.1) is 0 Å². The molecule has 14 nitrogen and oxygen atoms in total. The van der Waals surface area contributed by atoms with Gasteiger partial charge in [-0.1, -0.05) is 152 Å². The van der Waals surface area contributed by atoms with Crippen LogP contribution < -0.4 is 22.3 Å². The molecule has 0 saturated carbocycles. The van der Waals surface area contributed by atoms with Gasteiger partial charge in [-0.2, -0.15) is 0 Å². The lowest BCUT2D eigenvalue weighted by Crippen LogP contribution is -2.62. The summed E-state index contributed by atoms with van der Waals surface area (Å²) in [5.74, 6) is -0.355. The molecule has 2 fully saturated rings. The van der Waals surface area contributed by atoms with Crippen molar-refractivity contribution in [3.63, 3.8) is 0 Å². The van der Waals surface area contributed by atoms with E-state index in [9.17, 15) is 14.4 Å². The molecular weight excluding hydrogens is 841 g/mol. The molecule has 1 aromatic heterocycles. The third kappa shape index (κ3) is 12.4. The molecule has 0 aliphatic carbocycles. The highest BCUT2D eigenvalue weighted by molar-refractivity contribution is 5.76. The number of hydrogen-bond acceptors (Lipinski definition) is 11. The van der Waals surface area contributed by atoms with Gasteiger partial charge in [0.05, 0.1) is 51.7 Å². The van der Waals surface area contributed by atoms with Gasteiger partial charge in [0.15, 0.2) is 6.23 Å². The Hall–Kier alpha value is -6.07. The fourth-order valence-corrected chi connectivity index (χ4v) is 8.34. The van der Waals surface area contributed by atoms with Crippen molar-refractivity contribution >= 4 is 5.91 Å². The summed E-state index contributed by atoms with van der Waals surface area (Å²) in [5.41, 5.74) is 9.88. The summed E-state index contributed by atoms with van der Waals surface area (Å²) in [6, 6.07) is 49.9. The van der Waals surface area contributed by atoms with E-state index in [-0.39, 0.29) is 58.5 Å². The van der Waals surface area contributed by atoms with Crippen molar-refractivity contribution in [1.29, 1.82) is 0 Å². The van der Waals surface area contributed by atoms with E-state index in [4.69, 9.17) is 38.9 Å². The Bertz CT molecular complexity index is 2500. The largest absolute Gasteiger partial charge is 0.368 e. The second-order valence-electron chi connectivity index (χ2n) is 16.3. The number of amides is 1. The maximum absolute atomic E-state index is 14.3. The summed E-state index contributed by atoms with van der Waals surface area (Å²) in [4.78, 5) is 42.0. The first kappa shape index (κ1) is 46.5. The van der Waals surface area contributed by atoms with Gasteiger partial charge in [0.1, 0.15) is 36.6 Å². The summed E-state index contributed by atoms with van der Waals surface area (Å²) in [6.45, 7) is 1.23. The lowest BCUT2D eigenvalue weighted by Gasteiger charge is -2.46. The molecule has 6 aromatic rings. The van der Waals surface area contributed by atoms with E-state index in [1.54, 1.807) is 0 Å². The smallest absolute Gasteiger partial charge is 0.330 e. The van der Waals surface area contributed by atoms with E-state index >= 15 is 0 Å². The van der Waals surface area contributed by atoms with Crippen LogP contribution in [-0.4, -0.2) is 77.4 Å². The zero-order valence-corrected chi connectivity index (χ0v) is 36.5. The van der Waals surface area contributed by atoms with Gasteiger partial charge in [0, 0.05) is 25.4 Å². The maximum Gasteiger partial charge on any atom is 0.330 e. The molecule has 0 unspecified atom stereocenters. The van der Waals surface area contributed by atoms with Crippen molar-refractivity contribution < 1.29 is 38.0 Å². The minimum absolute atomic E-state index is 0.0165. The highest BCUT2D eigenvalue weighted by atomic mass is 16.6. The van der Waals surface area contributed by atoms with E-state index < -0.39 is 66.3 Å². The summed E-state index contributed by atoms with van der Waals surface area (Å²) >= 11 is 0. The molecule has 14 heteroatoms. The van der Waals surface area contributed by atoms with Crippen LogP contribution in [0.5, 0.6) is 0 Å². The van der Waals surface area contributed by atoms with Gasteiger partial charge in [-0.25, -0.2) is 4.79 Å². The summed E-state index contributed by atoms with van der Waals surface area (Å²) in [5, 5.41) is 3.06. The molecule has 0 radical (unpaired) electrons. The van der Waals surface area contributed by atoms with Crippen LogP contribution in [0.2, 0.25) is 0 Å². The van der Waals surface area contributed by atoms with E-state index in [0.29, 0.717) is 0 Å². The van der Waals surface area contributed by atoms with Crippen LogP contribution in [0.3, 0.4) is 0 Å². The number of carbonyl (C=O) groups is 1. The highest BCUT2D eigenvalue weighted by Crippen LogP contribution is 2.35. The van der Waals surface area contributed by atoms with Crippen molar-refractivity contribution in [3.05, 3.63) is 213 Å². The molecule has 0 bridgehead atoms. The van der Waals surface area contributed by atoms with Crippen molar-refractivity contribution in [2.75, 3.05) is 13.1 Å². The normalized spacial score (nSPS) is 23.9. The summed E-state index contributed by atoms with van der Waals surface area (Å²) < 4.78 is 47.8. The monoisotopic (exact) mass is 896 g/mol. The molecule has 0 spiro atoms. The predicted molar refractivity (Wildman–Crippen MR) is 246 cm³/mol. The van der Waals surface area contributed by atoms with Gasteiger partial charge >= 0.3 is 5.69 Å². The molecule has 1 amide bonds. The fraction of sp³-hybridized carbons (Fsp3) is 0.327. The Morgan fingerprint density at radius 3 is 1.33 bits per heavy atom. The fourth-order valence-electron chi connectivity index (χ4n) is 8.34. The molecule has 3 heterocycles. The molecule has 8 rings (SSSR count). The van der Waals surface area contributed by atoms with Crippen LogP contribution in [0.25, 0.3) is 0 Å². The molecule has 344 valence electrons. The van der Waals surface area contributed by atoms with Crippen molar-refractivity contribution in [3.8, 4) is 0 Å². The van der Waals surface area contributed by atoms with E-state index in [1.165, 1.54) is 16.8 Å². The highest BCUT2D eigenvalue weighted by Gasteiger charge is 2.50. The number of nitrogens with zero attached hydrogens (tertiary/aromatic N) is 1. The summed E-state index contributed by atoms with van der Waals surface area (Å²) in [7, 11) is 0. The SMILES string of the molecule is NC[C@H]1O[C@H](CC(=O)NC[C@H]2O[C@@H](n3ccc(=O)[nH]c3=O)[C@H](OCc3ccccc3)[C@@H]2OCc2ccccc2)[C@H](OCc2ccccc2)[C@@H](OCc2ccccc2)[C@@H]1OCc1ccccc1. The average molecular weight is 897 g/mol. The molecule has 9 atom stereocenters. The molecule has 5 aromatic carbocycles. The number of ether oxygens (including phenoxy) is 7. The quantitative estimate of drug-likeness (QED) is 0.0822. The summed E-state index contributed by atoms with van der Waals surface area (Å²) in [6.07, 6.45) is -5.71. The number of carbonyl (C=O) groups excluding carboxylic acids is 1. The van der Waals surface area contributed by atoms with E-state index in [1.807, 2.05) is 152 Å². The van der Waals surface area contributed by atoms with Gasteiger partial charge in [0.2, 0.25) is 5.91 Å². The lowest BCUT2D eigenvalue weighted by molar-refractivity contribution is -0.262. The number of nitrogens with two attached hydrogens (primary N) is 1. The van der Waals surface area contributed by atoms with Crippen molar-refractivity contribution in [2.24, 2.45) is 5.73 Å². The third-order valence-electron chi connectivity index (χ3n) is 11.7. The van der Waals surface area contributed by atoms with Crippen molar-refractivity contribution in [2.45, 2.75) is 94.5 Å². The molecular formula is C52H56N4O10. The maximum atomic E-state index is 14.3. The van der Waals surface area contributed by atoms with Gasteiger partial charge in [-0.05, 0) is 27.8 Å². The first-order chi connectivity index (χ1) is 32.4. The Labute approximate surface area is 383 Å². The topological polar surface area (TPSA) is 175 Å². The Balaban J connectivity index is 1.04. The van der Waals surface area contributed by atoms with Crippen LogP contribution in [0.4, 0.5) is 0 Å². The zero-order valence-electron chi connectivity index (χ0n) is 36.5. The second-order valence-corrected chi connectivity index (χ2v) is 16.3. The minimum atomic E-state index is -1.01. The number of aromatic amines is 1. The van der Waals surface area contributed by atoms with Crippen LogP contribution in [-0.2, 0) is 71.0 Å². The number of H-pyrrole nitrogens is 1. The molecule has 2 saturated heterocycles. The van der Waals surface area contributed by atoms with Crippen LogP contribution in [0.15, 0.2) is 174 Å². The van der Waals surface area contributed by atoms with E-state index in [2.05, 4.69) is 10.3 Å². The molecule has 2 aliphatic rings. The van der Waals surface area contributed by atoms with Gasteiger partial charge in [-0.15, -0.1) is 0 Å². The molecule has 4 N–H and O–H groups in total. The minimum Gasteiger partial charge on any atom is -0.368 e. The third-order valence-corrected chi connectivity index (χ3v) is 11.7. The van der Waals surface area contributed by atoms with E-state index in [0.717, 1.165) is 27.8 Å².